The molecule has 2 aromatic carbocycles. The quantitative estimate of drug-likeness (QED) is 0.215. The van der Waals surface area contributed by atoms with Crippen LogP contribution < -0.4 is 15.0 Å². The number of hydrogen-bond donors (Lipinski definition) is 1. The van der Waals surface area contributed by atoms with E-state index >= 15 is 4.39 Å². The number of nitrogens with one attached hydrogen (secondary N) is 1. The van der Waals surface area contributed by atoms with Crippen LogP contribution in [0.4, 0.5) is 14.6 Å². The monoisotopic (exact) mass is 634 g/mol. The predicted molar refractivity (Wildman–Crippen MR) is 176 cm³/mol. The molecule has 1 saturated carbocycles. The molecule has 5 fully saturated rings. The van der Waals surface area contributed by atoms with Gasteiger partial charge in [-0.15, -0.1) is 6.42 Å². The Bertz CT molecular complexity index is 1980. The van der Waals surface area contributed by atoms with Crippen LogP contribution in [0.5, 0.6) is 6.01 Å². The second-order valence-corrected chi connectivity index (χ2v) is 14.0. The number of halogens is 2. The van der Waals surface area contributed by atoms with Crippen molar-refractivity contribution in [2.24, 2.45) is 0 Å². The Kier molecular flexibility index (Phi) is 6.75. The molecule has 1 N–H and O–H groups in total. The molecule has 0 amide bonds. The molecular weight excluding hydrogens is 598 g/mol. The molecule has 6 heterocycles. The van der Waals surface area contributed by atoms with Gasteiger partial charge in [-0.25, -0.2) is 8.78 Å². The van der Waals surface area contributed by atoms with Gasteiger partial charge in [0.25, 0.3) is 0 Å². The van der Waals surface area contributed by atoms with E-state index in [0.29, 0.717) is 52.3 Å². The first-order valence-electron chi connectivity index (χ1n) is 16.6. The van der Waals surface area contributed by atoms with Crippen LogP contribution in [0.2, 0.25) is 0 Å². The first-order valence-corrected chi connectivity index (χ1v) is 16.6. The number of fused-ring (bicyclic) bond motifs is 5. The molecule has 240 valence electrons. The van der Waals surface area contributed by atoms with Gasteiger partial charge in [0.05, 0.1) is 28.7 Å². The topological polar surface area (TPSA) is 75.6 Å². The Hall–Kier alpha value is -4.17. The molecule has 5 aliphatic rings. The second kappa shape index (κ2) is 10.9. The van der Waals surface area contributed by atoms with Crippen LogP contribution >= 0.6 is 0 Å². The Morgan fingerprint density at radius 1 is 1.04 bits per heavy atom. The fourth-order valence-electron chi connectivity index (χ4n) is 8.41. The van der Waals surface area contributed by atoms with E-state index in [1.165, 1.54) is 11.6 Å². The number of aromatic nitrogens is 3. The summed E-state index contributed by atoms with van der Waals surface area (Å²) < 4.78 is 44.5. The Balaban J connectivity index is 1.14. The third-order valence-corrected chi connectivity index (χ3v) is 10.6. The number of pyridine rings is 1. The van der Waals surface area contributed by atoms with Gasteiger partial charge in [-0.1, -0.05) is 42.3 Å². The Morgan fingerprint density at radius 3 is 2.66 bits per heavy atom. The summed E-state index contributed by atoms with van der Waals surface area (Å²) in [5.74, 6) is 1.91. The highest BCUT2D eigenvalue weighted by molar-refractivity contribution is 6.02. The summed E-state index contributed by atoms with van der Waals surface area (Å²) in [6, 6.07) is 9.11. The Morgan fingerprint density at radius 2 is 1.87 bits per heavy atom. The molecule has 47 heavy (non-hydrogen) atoms. The maximum atomic E-state index is 16.9. The maximum absolute atomic E-state index is 16.9. The van der Waals surface area contributed by atoms with Crippen LogP contribution in [0, 0.1) is 24.0 Å². The summed E-state index contributed by atoms with van der Waals surface area (Å²) >= 11 is 0. The standard InChI is InChI=1S/C37H36F2N6O2/c1-3-27-30(38)12-7-22-5-4-6-28(31(22)27)33-32(39)34-29(15-40-33)35(44-17-23-8-9-24(18-44)41-23)43-36(42-34)46-20-37-13-21(2)16-45(37)19-26(14-37)47-25-10-11-25/h1,4-7,12,15,23-26,41H,2,8-11,13-14,16-20H2/t23-,24+,26-,37-/m1/s1. The second-order valence-electron chi connectivity index (χ2n) is 14.0. The maximum Gasteiger partial charge on any atom is 0.319 e. The molecule has 4 atom stereocenters. The number of anilines is 1. The van der Waals surface area contributed by atoms with Crippen LogP contribution in [0.3, 0.4) is 0 Å². The SMILES string of the molecule is C#Cc1c(F)ccc2cccc(-c3ncc4c(N5C[C@H]6CC[C@@H](C5)N6)nc(OC[C@]56CC(=C)CN5C[C@H](OC5CC5)C6)nc4c3F)c12. The molecule has 10 heteroatoms. The molecule has 0 spiro atoms. The van der Waals surface area contributed by atoms with Gasteiger partial charge in [0.1, 0.15) is 29.5 Å². The van der Waals surface area contributed by atoms with Crippen LogP contribution in [0.15, 0.2) is 48.7 Å². The first-order chi connectivity index (χ1) is 22.9. The van der Waals surface area contributed by atoms with Gasteiger partial charge in [-0.3, -0.25) is 9.88 Å². The van der Waals surface area contributed by atoms with Crippen LogP contribution in [-0.2, 0) is 4.74 Å². The molecule has 0 radical (unpaired) electrons. The summed E-state index contributed by atoms with van der Waals surface area (Å²) in [6.07, 6.45) is 14.0. The molecule has 2 bridgehead atoms. The van der Waals surface area contributed by atoms with E-state index in [0.717, 1.165) is 64.7 Å². The normalized spacial score (nSPS) is 27.1. The molecule has 1 aliphatic carbocycles. The van der Waals surface area contributed by atoms with Crippen molar-refractivity contribution < 1.29 is 18.3 Å². The zero-order valence-corrected chi connectivity index (χ0v) is 26.1. The number of nitrogens with zero attached hydrogens (tertiary/aromatic N) is 5. The van der Waals surface area contributed by atoms with E-state index < -0.39 is 11.6 Å². The fourth-order valence-corrected chi connectivity index (χ4v) is 8.41. The average molecular weight is 635 g/mol. The van der Waals surface area contributed by atoms with Crippen LogP contribution in [-0.4, -0.2) is 82.5 Å². The van der Waals surface area contributed by atoms with Crippen molar-refractivity contribution in [2.45, 2.75) is 68.4 Å². The summed E-state index contributed by atoms with van der Waals surface area (Å²) in [5.41, 5.74) is 1.56. The summed E-state index contributed by atoms with van der Waals surface area (Å²) in [7, 11) is 0. The highest BCUT2D eigenvalue weighted by Gasteiger charge is 2.51. The third-order valence-electron chi connectivity index (χ3n) is 10.6. The van der Waals surface area contributed by atoms with Crippen molar-refractivity contribution in [1.82, 2.24) is 25.2 Å². The van der Waals surface area contributed by atoms with Gasteiger partial charge in [-0.2, -0.15) is 9.97 Å². The molecule has 0 unspecified atom stereocenters. The summed E-state index contributed by atoms with van der Waals surface area (Å²) in [6.45, 7) is 7.79. The van der Waals surface area contributed by atoms with E-state index in [9.17, 15) is 4.39 Å². The van der Waals surface area contributed by atoms with E-state index in [-0.39, 0.29) is 34.4 Å². The van der Waals surface area contributed by atoms with Crippen LogP contribution in [0.25, 0.3) is 32.9 Å². The van der Waals surface area contributed by atoms with Crippen LogP contribution in [0.1, 0.15) is 44.1 Å². The van der Waals surface area contributed by atoms with Crippen molar-refractivity contribution in [2.75, 3.05) is 37.7 Å². The zero-order chi connectivity index (χ0) is 31.9. The molecule has 2 aromatic heterocycles. The van der Waals surface area contributed by atoms with Crippen molar-refractivity contribution in [3.05, 3.63) is 65.9 Å². The third kappa shape index (κ3) is 4.95. The number of hydrogen-bond acceptors (Lipinski definition) is 8. The minimum absolute atomic E-state index is 0.0499. The predicted octanol–water partition coefficient (Wildman–Crippen LogP) is 5.38. The fraction of sp³-hybridized carbons (Fsp3) is 0.432. The smallest absolute Gasteiger partial charge is 0.319 e. The molecule has 8 nitrogen and oxygen atoms in total. The van der Waals surface area contributed by atoms with Gasteiger partial charge in [0, 0.05) is 55.4 Å². The largest absolute Gasteiger partial charge is 0.461 e. The number of rotatable bonds is 7. The zero-order valence-electron chi connectivity index (χ0n) is 26.1. The van der Waals surface area contributed by atoms with Crippen molar-refractivity contribution >= 4 is 27.5 Å². The minimum Gasteiger partial charge on any atom is -0.461 e. The molecule has 4 aromatic rings. The van der Waals surface area contributed by atoms with Crippen molar-refractivity contribution in [3.63, 3.8) is 0 Å². The van der Waals surface area contributed by atoms with Crippen molar-refractivity contribution in [1.29, 1.82) is 0 Å². The molecule has 9 rings (SSSR count). The lowest BCUT2D eigenvalue weighted by Crippen LogP contribution is -2.51. The number of terminal acetylenes is 1. The van der Waals surface area contributed by atoms with Gasteiger partial charge in [-0.05, 0) is 50.0 Å². The minimum atomic E-state index is -0.623. The van der Waals surface area contributed by atoms with Crippen molar-refractivity contribution in [3.8, 4) is 29.6 Å². The number of piperazine rings is 1. The van der Waals surface area contributed by atoms with Gasteiger partial charge in [0.15, 0.2) is 5.82 Å². The van der Waals surface area contributed by atoms with E-state index in [4.69, 9.17) is 25.9 Å². The molecular formula is C37H36F2N6O2. The Labute approximate surface area is 272 Å². The van der Waals surface area contributed by atoms with Gasteiger partial charge < -0.3 is 19.7 Å². The highest BCUT2D eigenvalue weighted by Crippen LogP contribution is 2.44. The molecule has 4 aliphatic heterocycles. The lowest BCUT2D eigenvalue weighted by atomic mass is 9.93. The molecule has 4 saturated heterocycles. The van der Waals surface area contributed by atoms with E-state index in [2.05, 4.69) is 32.6 Å². The first kappa shape index (κ1) is 29.0. The number of ether oxygens (including phenoxy) is 2. The van der Waals surface area contributed by atoms with E-state index in [1.54, 1.807) is 24.4 Å². The highest BCUT2D eigenvalue weighted by atomic mass is 19.1. The van der Waals surface area contributed by atoms with E-state index in [1.807, 2.05) is 6.07 Å². The summed E-state index contributed by atoms with van der Waals surface area (Å²) in [4.78, 5) is 18.9. The number of benzene rings is 2. The average Bonchev–Trinajstić information content (AvgIpc) is 3.64. The van der Waals surface area contributed by atoms with Gasteiger partial charge in [0.2, 0.25) is 0 Å². The summed E-state index contributed by atoms with van der Waals surface area (Å²) in [5, 5.41) is 5.31. The van der Waals surface area contributed by atoms with Gasteiger partial charge >= 0.3 is 6.01 Å². The lowest BCUT2D eigenvalue weighted by Gasteiger charge is -2.34. The lowest BCUT2D eigenvalue weighted by molar-refractivity contribution is 0.0443.